The quantitative estimate of drug-likeness (QED) is 0.838. The maximum Gasteiger partial charge on any atom is 0.256 e. The topological polar surface area (TPSA) is 55.7 Å². The van der Waals surface area contributed by atoms with E-state index >= 15 is 0 Å². The minimum Gasteiger partial charge on any atom is -0.479 e. The number of methoxy groups -OCH3 is 1. The summed E-state index contributed by atoms with van der Waals surface area (Å²) in [5, 5.41) is 0. The number of aromatic nitrogens is 4. The molecule has 8 heteroatoms. The number of fused-ring (bicyclic) bond motifs is 1. The lowest BCUT2D eigenvalue weighted by Crippen LogP contribution is -2.07. The largest absolute Gasteiger partial charge is 0.479 e. The molecule has 16 heavy (non-hydrogen) atoms. The monoisotopic (exact) mass is 246 g/mol. The Bertz CT molecular complexity index is 565. The van der Waals surface area contributed by atoms with E-state index in [9.17, 15) is 8.78 Å². The van der Waals surface area contributed by atoms with Crippen LogP contribution in [-0.2, 0) is 6.54 Å². The lowest BCUT2D eigenvalue weighted by molar-refractivity contribution is 0.127. The zero-order valence-electron chi connectivity index (χ0n) is 8.28. The van der Waals surface area contributed by atoms with E-state index in [0.29, 0.717) is 11.2 Å². The van der Waals surface area contributed by atoms with Crippen molar-refractivity contribution in [1.29, 1.82) is 0 Å². The molecule has 86 valence electrons. The van der Waals surface area contributed by atoms with Gasteiger partial charge in [-0.05, 0) is 12.2 Å². The van der Waals surface area contributed by atoms with Crippen molar-refractivity contribution in [2.75, 3.05) is 7.11 Å². The van der Waals surface area contributed by atoms with E-state index in [4.69, 9.17) is 17.0 Å². The van der Waals surface area contributed by atoms with Gasteiger partial charge in [-0.15, -0.1) is 0 Å². The van der Waals surface area contributed by atoms with Gasteiger partial charge >= 0.3 is 0 Å². The first-order valence-corrected chi connectivity index (χ1v) is 4.80. The van der Waals surface area contributed by atoms with Gasteiger partial charge in [0.05, 0.1) is 13.7 Å². The predicted octanol–water partition coefficient (Wildman–Crippen LogP) is 1.76. The normalized spacial score (nSPS) is 11.2. The van der Waals surface area contributed by atoms with Crippen LogP contribution in [0.2, 0.25) is 0 Å². The van der Waals surface area contributed by atoms with Crippen LogP contribution in [0.5, 0.6) is 5.88 Å². The van der Waals surface area contributed by atoms with Crippen LogP contribution in [-0.4, -0.2) is 33.1 Å². The highest BCUT2D eigenvalue weighted by Gasteiger charge is 2.14. The first-order valence-electron chi connectivity index (χ1n) is 4.39. The van der Waals surface area contributed by atoms with Crippen molar-refractivity contribution in [3.63, 3.8) is 0 Å². The smallest absolute Gasteiger partial charge is 0.256 e. The molecule has 0 aliphatic heterocycles. The van der Waals surface area contributed by atoms with Gasteiger partial charge in [0, 0.05) is 0 Å². The second kappa shape index (κ2) is 4.12. The number of alkyl halides is 2. The summed E-state index contributed by atoms with van der Waals surface area (Å²) in [5.41, 5.74) is 0.743. The van der Waals surface area contributed by atoms with Crippen LogP contribution in [0.3, 0.4) is 0 Å². The van der Waals surface area contributed by atoms with E-state index in [-0.39, 0.29) is 10.7 Å². The molecule has 2 aromatic heterocycles. The number of hydrogen-bond donors (Lipinski definition) is 1. The van der Waals surface area contributed by atoms with Crippen molar-refractivity contribution in [2.24, 2.45) is 0 Å². The molecule has 0 bridgehead atoms. The Labute approximate surface area is 94.1 Å². The Hall–Kier alpha value is -1.57. The van der Waals surface area contributed by atoms with Crippen molar-refractivity contribution < 1.29 is 13.5 Å². The fourth-order valence-electron chi connectivity index (χ4n) is 1.41. The van der Waals surface area contributed by atoms with Gasteiger partial charge in [-0.1, -0.05) is 0 Å². The van der Waals surface area contributed by atoms with Gasteiger partial charge in [0.1, 0.15) is 11.8 Å². The highest BCUT2D eigenvalue weighted by atomic mass is 32.1. The summed E-state index contributed by atoms with van der Waals surface area (Å²) in [7, 11) is 1.43. The summed E-state index contributed by atoms with van der Waals surface area (Å²) in [6.07, 6.45) is -1.25. The average molecular weight is 246 g/mol. The van der Waals surface area contributed by atoms with Crippen molar-refractivity contribution in [2.45, 2.75) is 13.0 Å². The molecule has 1 N–H and O–H groups in total. The Kier molecular flexibility index (Phi) is 2.82. The number of nitrogens with one attached hydrogen (secondary N) is 1. The molecule has 0 aliphatic rings. The summed E-state index contributed by atoms with van der Waals surface area (Å²) in [4.78, 5) is 10.5. The number of nitrogens with zero attached hydrogens (tertiary/aromatic N) is 3. The molecule has 0 unspecified atom stereocenters. The molecule has 0 aliphatic carbocycles. The predicted molar refractivity (Wildman–Crippen MR) is 55.3 cm³/mol. The highest BCUT2D eigenvalue weighted by molar-refractivity contribution is 7.71. The van der Waals surface area contributed by atoms with Crippen LogP contribution in [0.1, 0.15) is 0 Å². The number of aromatic amines is 1. The molecule has 0 saturated heterocycles. The summed E-state index contributed by atoms with van der Waals surface area (Å²) < 4.78 is 31.0. The third-order valence-corrected chi connectivity index (χ3v) is 2.36. The van der Waals surface area contributed by atoms with Crippen molar-refractivity contribution in [3.05, 3.63) is 11.1 Å². The van der Waals surface area contributed by atoms with Crippen LogP contribution < -0.4 is 4.74 Å². The molecule has 2 rings (SSSR count). The van der Waals surface area contributed by atoms with Gasteiger partial charge in [-0.3, -0.25) is 4.57 Å². The van der Waals surface area contributed by atoms with Crippen molar-refractivity contribution in [3.8, 4) is 5.88 Å². The molecule has 0 radical (unpaired) electrons. The van der Waals surface area contributed by atoms with Crippen molar-refractivity contribution in [1.82, 2.24) is 19.5 Å². The minimum absolute atomic E-state index is 0.175. The summed E-state index contributed by atoms with van der Waals surface area (Å²) in [6, 6.07) is 0. The van der Waals surface area contributed by atoms with E-state index in [1.807, 2.05) is 0 Å². The molecule has 0 spiro atoms. The van der Waals surface area contributed by atoms with Crippen LogP contribution in [0.25, 0.3) is 11.2 Å². The highest BCUT2D eigenvalue weighted by Crippen LogP contribution is 2.20. The van der Waals surface area contributed by atoms with Gasteiger partial charge in [-0.2, -0.15) is 4.98 Å². The fraction of sp³-hybridized carbons (Fsp3) is 0.375. The second-order valence-corrected chi connectivity index (χ2v) is 3.40. The van der Waals surface area contributed by atoms with E-state index < -0.39 is 13.0 Å². The summed E-state index contributed by atoms with van der Waals surface area (Å²) in [6.45, 7) is -0.501. The molecule has 0 aromatic carbocycles. The van der Waals surface area contributed by atoms with Gasteiger partial charge in [0.2, 0.25) is 5.88 Å². The number of ether oxygens (including phenoxy) is 1. The van der Waals surface area contributed by atoms with Crippen LogP contribution in [0, 0.1) is 4.77 Å². The standard InChI is InChI=1S/C8H8F2N4OS/c1-15-7-5-6(11-3-12-7)14(2-4(9)10)8(16)13-5/h3-4H,2H2,1H3,(H,13,16). The number of halogens is 2. The van der Waals surface area contributed by atoms with Crippen LogP contribution >= 0.6 is 12.2 Å². The fourth-order valence-corrected chi connectivity index (χ4v) is 1.67. The first-order chi connectivity index (χ1) is 7.63. The maximum atomic E-state index is 12.3. The lowest BCUT2D eigenvalue weighted by Gasteiger charge is -2.02. The van der Waals surface area contributed by atoms with E-state index in [1.165, 1.54) is 18.0 Å². The third-order valence-electron chi connectivity index (χ3n) is 2.04. The number of H-pyrrole nitrogens is 1. The minimum atomic E-state index is -2.49. The molecule has 2 aromatic rings. The second-order valence-electron chi connectivity index (χ2n) is 3.01. The summed E-state index contributed by atoms with van der Waals surface area (Å²) in [5.74, 6) is 0.282. The molecule has 0 atom stereocenters. The van der Waals surface area contributed by atoms with Gasteiger partial charge < -0.3 is 9.72 Å². The number of imidazole rings is 1. The Morgan fingerprint density at radius 3 is 2.94 bits per heavy atom. The molecule has 5 nitrogen and oxygen atoms in total. The van der Waals surface area contributed by atoms with Gasteiger partial charge in [-0.25, -0.2) is 13.8 Å². The van der Waals surface area contributed by atoms with Crippen molar-refractivity contribution >= 4 is 23.4 Å². The van der Waals surface area contributed by atoms with Crippen LogP contribution in [0.4, 0.5) is 8.78 Å². The van der Waals surface area contributed by atoms with Gasteiger partial charge in [0.15, 0.2) is 10.4 Å². The number of hydrogen-bond acceptors (Lipinski definition) is 4. The maximum absolute atomic E-state index is 12.3. The summed E-state index contributed by atoms with van der Waals surface area (Å²) >= 11 is 4.93. The zero-order valence-corrected chi connectivity index (χ0v) is 9.09. The molecule has 0 fully saturated rings. The molecular weight excluding hydrogens is 238 g/mol. The van der Waals surface area contributed by atoms with E-state index in [0.717, 1.165) is 0 Å². The van der Waals surface area contributed by atoms with Gasteiger partial charge in [0.25, 0.3) is 6.43 Å². The van der Waals surface area contributed by atoms with E-state index in [2.05, 4.69) is 15.0 Å². The SMILES string of the molecule is COc1ncnc2c1[nH]c(=S)n2CC(F)F. The average Bonchev–Trinajstić information content (AvgIpc) is 2.55. The molecule has 2 heterocycles. The van der Waals surface area contributed by atoms with E-state index in [1.54, 1.807) is 0 Å². The molecule has 0 amide bonds. The Morgan fingerprint density at radius 1 is 1.56 bits per heavy atom. The van der Waals surface area contributed by atoms with Crippen LogP contribution in [0.15, 0.2) is 6.33 Å². The number of rotatable bonds is 3. The first kappa shape index (κ1) is 10.9. The Balaban J connectivity index is 2.66. The molecule has 0 saturated carbocycles. The third kappa shape index (κ3) is 1.75. The zero-order chi connectivity index (χ0) is 11.7. The molecular formula is C8H8F2N4OS. The Morgan fingerprint density at radius 2 is 2.31 bits per heavy atom. The lowest BCUT2D eigenvalue weighted by atomic mass is 10.5.